The maximum atomic E-state index is 12.1. The highest BCUT2D eigenvalue weighted by Gasteiger charge is 2.26. The van der Waals surface area contributed by atoms with Gasteiger partial charge in [0.2, 0.25) is 11.8 Å². The monoisotopic (exact) mass is 271 g/mol. The van der Waals surface area contributed by atoms with Crippen LogP contribution in [-0.4, -0.2) is 36.6 Å². The molecule has 18 heavy (non-hydrogen) atoms. The molecule has 8 heteroatoms. The van der Waals surface area contributed by atoms with Crippen molar-refractivity contribution >= 4 is 27.5 Å². The van der Waals surface area contributed by atoms with Crippen molar-refractivity contribution < 1.29 is 18.0 Å². The molecule has 1 rings (SSSR count). The highest BCUT2D eigenvalue weighted by Crippen LogP contribution is 2.22. The second-order valence-corrected chi connectivity index (χ2v) is 5.48. The lowest BCUT2D eigenvalue weighted by atomic mass is 10.4. The van der Waals surface area contributed by atoms with E-state index in [1.54, 1.807) is 0 Å². The van der Waals surface area contributed by atoms with Crippen molar-refractivity contribution in [1.82, 2.24) is 9.29 Å². The molecule has 0 aliphatic rings. The SMILES string of the molecule is CC(=O)Nc1ccncc1S(=O)(=O)N(C)C(C)=O. The van der Waals surface area contributed by atoms with Gasteiger partial charge in [0.25, 0.3) is 10.0 Å². The van der Waals surface area contributed by atoms with E-state index in [0.717, 1.165) is 20.2 Å². The van der Waals surface area contributed by atoms with E-state index >= 15 is 0 Å². The van der Waals surface area contributed by atoms with Crippen LogP contribution in [0.25, 0.3) is 0 Å². The molecule has 0 aliphatic carbocycles. The van der Waals surface area contributed by atoms with Gasteiger partial charge in [-0.15, -0.1) is 0 Å². The van der Waals surface area contributed by atoms with Crippen LogP contribution >= 0.6 is 0 Å². The van der Waals surface area contributed by atoms with Gasteiger partial charge in [-0.2, -0.15) is 0 Å². The van der Waals surface area contributed by atoms with Gasteiger partial charge in [-0.25, -0.2) is 12.7 Å². The Morgan fingerprint density at radius 2 is 1.94 bits per heavy atom. The topological polar surface area (TPSA) is 96.4 Å². The Bertz CT molecular complexity index is 583. The first-order chi connectivity index (χ1) is 8.26. The summed E-state index contributed by atoms with van der Waals surface area (Å²) < 4.78 is 24.8. The summed E-state index contributed by atoms with van der Waals surface area (Å²) in [5.41, 5.74) is 0.0885. The third-order valence-corrected chi connectivity index (χ3v) is 4.04. The number of nitrogens with one attached hydrogen (secondary N) is 1. The highest BCUT2D eigenvalue weighted by atomic mass is 32.2. The van der Waals surface area contributed by atoms with E-state index in [2.05, 4.69) is 10.3 Å². The molecule has 2 amide bonds. The molecule has 0 bridgehead atoms. The average molecular weight is 271 g/mol. The third kappa shape index (κ3) is 2.83. The van der Waals surface area contributed by atoms with Crippen molar-refractivity contribution in [3.05, 3.63) is 18.5 Å². The van der Waals surface area contributed by atoms with Crippen molar-refractivity contribution in [1.29, 1.82) is 0 Å². The van der Waals surface area contributed by atoms with E-state index in [0.29, 0.717) is 4.31 Å². The van der Waals surface area contributed by atoms with Gasteiger partial charge in [0, 0.05) is 33.3 Å². The Labute approximate surface area is 105 Å². The van der Waals surface area contributed by atoms with Gasteiger partial charge in [0.15, 0.2) is 0 Å². The van der Waals surface area contributed by atoms with Gasteiger partial charge in [0.1, 0.15) is 4.90 Å². The molecular weight excluding hydrogens is 258 g/mol. The lowest BCUT2D eigenvalue weighted by Crippen LogP contribution is -2.32. The average Bonchev–Trinajstić information content (AvgIpc) is 2.27. The molecule has 0 saturated heterocycles. The minimum Gasteiger partial charge on any atom is -0.325 e. The number of rotatable bonds is 3. The van der Waals surface area contributed by atoms with E-state index in [-0.39, 0.29) is 10.6 Å². The van der Waals surface area contributed by atoms with Crippen LogP contribution in [0.3, 0.4) is 0 Å². The maximum absolute atomic E-state index is 12.1. The standard InChI is InChI=1S/C10H13N3O4S/c1-7(14)12-9-4-5-11-6-10(9)18(16,17)13(3)8(2)15/h4-6H,1-3H3,(H,11,12,14). The summed E-state index contributed by atoms with van der Waals surface area (Å²) in [7, 11) is -2.87. The number of pyridine rings is 1. The predicted octanol–water partition coefficient (Wildman–Crippen LogP) is 0.207. The summed E-state index contributed by atoms with van der Waals surface area (Å²) >= 11 is 0. The zero-order valence-corrected chi connectivity index (χ0v) is 11.0. The predicted molar refractivity (Wildman–Crippen MR) is 64.2 cm³/mol. The van der Waals surface area contributed by atoms with Gasteiger partial charge < -0.3 is 5.32 Å². The van der Waals surface area contributed by atoms with Crippen molar-refractivity contribution in [2.24, 2.45) is 0 Å². The lowest BCUT2D eigenvalue weighted by molar-refractivity contribution is -0.123. The molecule has 1 aromatic heterocycles. The highest BCUT2D eigenvalue weighted by molar-refractivity contribution is 7.89. The summed E-state index contributed by atoms with van der Waals surface area (Å²) in [4.78, 5) is 25.6. The van der Waals surface area contributed by atoms with Gasteiger partial charge in [-0.05, 0) is 6.07 Å². The van der Waals surface area contributed by atoms with Gasteiger partial charge >= 0.3 is 0 Å². The number of anilines is 1. The van der Waals surface area contributed by atoms with Crippen LogP contribution in [0.1, 0.15) is 13.8 Å². The summed E-state index contributed by atoms with van der Waals surface area (Å²) in [6, 6.07) is 1.35. The van der Waals surface area contributed by atoms with Crippen molar-refractivity contribution in [2.75, 3.05) is 12.4 Å². The number of carbonyl (C=O) groups excluding carboxylic acids is 2. The van der Waals surface area contributed by atoms with Gasteiger partial charge in [-0.1, -0.05) is 0 Å². The van der Waals surface area contributed by atoms with Crippen LogP contribution in [-0.2, 0) is 19.6 Å². The minimum atomic E-state index is -4.01. The van der Waals surface area contributed by atoms with E-state index in [1.807, 2.05) is 0 Å². The normalized spacial score (nSPS) is 10.8. The van der Waals surface area contributed by atoms with E-state index in [4.69, 9.17) is 0 Å². The van der Waals surface area contributed by atoms with Crippen LogP contribution in [0.2, 0.25) is 0 Å². The molecule has 0 fully saturated rings. The zero-order chi connectivity index (χ0) is 13.9. The largest absolute Gasteiger partial charge is 0.325 e. The number of sulfonamides is 1. The molecule has 0 atom stereocenters. The van der Waals surface area contributed by atoms with E-state index in [1.165, 1.54) is 19.2 Å². The molecule has 0 aliphatic heterocycles. The Morgan fingerprint density at radius 3 is 2.44 bits per heavy atom. The molecule has 1 N–H and O–H groups in total. The summed E-state index contributed by atoms with van der Waals surface area (Å²) in [5.74, 6) is -1.05. The van der Waals surface area contributed by atoms with Crippen LogP contribution in [0.15, 0.2) is 23.4 Å². The molecule has 98 valence electrons. The van der Waals surface area contributed by atoms with Crippen molar-refractivity contribution in [3.8, 4) is 0 Å². The fraction of sp³-hybridized carbons (Fsp3) is 0.300. The quantitative estimate of drug-likeness (QED) is 0.847. The smallest absolute Gasteiger partial charge is 0.269 e. The van der Waals surface area contributed by atoms with Crippen LogP contribution in [0.5, 0.6) is 0 Å². The van der Waals surface area contributed by atoms with Gasteiger partial charge in [0.05, 0.1) is 5.69 Å². The van der Waals surface area contributed by atoms with Crippen LogP contribution in [0, 0.1) is 0 Å². The molecule has 0 saturated carbocycles. The number of amides is 2. The molecule has 1 heterocycles. The fourth-order valence-electron chi connectivity index (χ4n) is 1.20. The molecule has 0 spiro atoms. The first kappa shape index (κ1) is 14.1. The van der Waals surface area contributed by atoms with E-state index < -0.39 is 21.8 Å². The summed E-state index contributed by atoms with van der Waals surface area (Å²) in [6.45, 7) is 2.39. The molecule has 0 unspecified atom stereocenters. The summed E-state index contributed by atoms with van der Waals surface area (Å²) in [5, 5.41) is 2.38. The molecule has 1 aromatic rings. The fourth-order valence-corrected chi connectivity index (χ4v) is 2.42. The second-order valence-electron chi connectivity index (χ2n) is 3.54. The first-order valence-electron chi connectivity index (χ1n) is 4.98. The minimum absolute atomic E-state index is 0.0885. The number of nitrogens with zero attached hydrogens (tertiary/aromatic N) is 2. The molecule has 0 aromatic carbocycles. The first-order valence-corrected chi connectivity index (χ1v) is 6.42. The Morgan fingerprint density at radius 1 is 1.33 bits per heavy atom. The molecule has 0 radical (unpaired) electrons. The zero-order valence-electron chi connectivity index (χ0n) is 10.2. The lowest BCUT2D eigenvalue weighted by Gasteiger charge is -2.17. The van der Waals surface area contributed by atoms with Crippen molar-refractivity contribution in [3.63, 3.8) is 0 Å². The second kappa shape index (κ2) is 5.13. The Balaban J connectivity index is 3.33. The number of carbonyl (C=O) groups is 2. The molecule has 7 nitrogen and oxygen atoms in total. The van der Waals surface area contributed by atoms with Crippen molar-refractivity contribution in [2.45, 2.75) is 18.7 Å². The maximum Gasteiger partial charge on any atom is 0.269 e. The number of aromatic nitrogens is 1. The number of hydrogen-bond acceptors (Lipinski definition) is 5. The number of hydrogen-bond donors (Lipinski definition) is 1. The molecular formula is C10H13N3O4S. The summed E-state index contributed by atoms with van der Waals surface area (Å²) in [6.07, 6.45) is 2.43. The Kier molecular flexibility index (Phi) is 4.02. The van der Waals surface area contributed by atoms with Gasteiger partial charge in [-0.3, -0.25) is 14.6 Å². The van der Waals surface area contributed by atoms with Crippen LogP contribution in [0.4, 0.5) is 5.69 Å². The third-order valence-electron chi connectivity index (χ3n) is 2.18. The van der Waals surface area contributed by atoms with Crippen LogP contribution < -0.4 is 5.32 Å². The van der Waals surface area contributed by atoms with E-state index in [9.17, 15) is 18.0 Å². The Hall–Kier alpha value is -1.96.